The Morgan fingerprint density at radius 1 is 1.24 bits per heavy atom. The number of hydrogen-bond acceptors (Lipinski definition) is 4. The molecule has 1 rings (SSSR count). The first-order valence-electron chi connectivity index (χ1n) is 5.08. The summed E-state index contributed by atoms with van der Waals surface area (Å²) in [4.78, 5) is 22.5. The molecule has 17 heavy (non-hydrogen) atoms. The summed E-state index contributed by atoms with van der Waals surface area (Å²) in [5, 5.41) is 8.81. The molecule has 0 spiro atoms. The molecule has 0 aliphatic carbocycles. The molecule has 0 aliphatic heterocycles. The molecule has 0 radical (unpaired) electrons. The molecule has 5 heteroatoms. The summed E-state index contributed by atoms with van der Waals surface area (Å²) in [6.45, 7) is 1.67. The van der Waals surface area contributed by atoms with Crippen LogP contribution in [0.1, 0.15) is 23.7 Å². The van der Waals surface area contributed by atoms with Gasteiger partial charge in [0, 0.05) is 22.5 Å². The highest BCUT2D eigenvalue weighted by Gasteiger charge is 2.10. The average molecular weight is 234 g/mol. The summed E-state index contributed by atoms with van der Waals surface area (Å²) in [6.07, 6.45) is 1.37. The van der Waals surface area contributed by atoms with Gasteiger partial charge in [0.15, 0.2) is 5.78 Å². The SMILES string of the molecule is CCC(=CC(=O)c1cc(N)cc(N)c1)C(=O)O. The summed E-state index contributed by atoms with van der Waals surface area (Å²) in [6, 6.07) is 4.45. The summed E-state index contributed by atoms with van der Waals surface area (Å²) < 4.78 is 0. The fraction of sp³-hybridized carbons (Fsp3) is 0.167. The van der Waals surface area contributed by atoms with Crippen LogP contribution in [0.4, 0.5) is 11.4 Å². The number of nitrogen functional groups attached to an aromatic ring is 2. The number of aliphatic carboxylic acids is 1. The van der Waals surface area contributed by atoms with Crippen LogP contribution >= 0.6 is 0 Å². The van der Waals surface area contributed by atoms with Crippen LogP contribution in [0, 0.1) is 0 Å². The van der Waals surface area contributed by atoms with E-state index in [1.165, 1.54) is 18.2 Å². The van der Waals surface area contributed by atoms with Gasteiger partial charge in [-0.15, -0.1) is 0 Å². The Labute approximate surface area is 98.7 Å². The second-order valence-corrected chi connectivity index (χ2v) is 3.58. The first kappa shape index (κ1) is 12.8. The minimum atomic E-state index is -1.10. The minimum absolute atomic E-state index is 0.0518. The zero-order valence-electron chi connectivity index (χ0n) is 9.43. The van der Waals surface area contributed by atoms with E-state index in [2.05, 4.69) is 0 Å². The van der Waals surface area contributed by atoms with Gasteiger partial charge in [0.05, 0.1) is 0 Å². The number of nitrogens with two attached hydrogens (primary N) is 2. The van der Waals surface area contributed by atoms with Crippen molar-refractivity contribution in [2.24, 2.45) is 0 Å². The van der Waals surface area contributed by atoms with Crippen LogP contribution in [0.2, 0.25) is 0 Å². The van der Waals surface area contributed by atoms with E-state index in [9.17, 15) is 9.59 Å². The molecule has 1 aromatic carbocycles. The molecule has 0 aromatic heterocycles. The van der Waals surface area contributed by atoms with E-state index in [0.29, 0.717) is 11.4 Å². The molecule has 0 saturated carbocycles. The van der Waals surface area contributed by atoms with E-state index in [-0.39, 0.29) is 17.6 Å². The molecule has 0 saturated heterocycles. The lowest BCUT2D eigenvalue weighted by Gasteiger charge is -2.02. The van der Waals surface area contributed by atoms with E-state index in [1.54, 1.807) is 6.92 Å². The number of carbonyl (C=O) groups is 2. The van der Waals surface area contributed by atoms with Crippen LogP contribution in [0.15, 0.2) is 29.8 Å². The van der Waals surface area contributed by atoms with Gasteiger partial charge in [-0.1, -0.05) is 6.92 Å². The van der Waals surface area contributed by atoms with Gasteiger partial charge in [-0.2, -0.15) is 0 Å². The van der Waals surface area contributed by atoms with Gasteiger partial charge in [-0.25, -0.2) is 4.79 Å². The maximum absolute atomic E-state index is 11.8. The lowest BCUT2D eigenvalue weighted by molar-refractivity contribution is -0.132. The molecular weight excluding hydrogens is 220 g/mol. The fourth-order valence-electron chi connectivity index (χ4n) is 1.38. The molecule has 90 valence electrons. The van der Waals surface area contributed by atoms with Crippen LogP contribution in [-0.2, 0) is 4.79 Å². The maximum atomic E-state index is 11.8. The molecule has 5 nitrogen and oxygen atoms in total. The summed E-state index contributed by atoms with van der Waals surface area (Å²) >= 11 is 0. The standard InChI is InChI=1S/C12H14N2O3/c1-2-7(12(16)17)5-11(15)8-3-9(13)6-10(14)4-8/h3-6H,2,13-14H2,1H3,(H,16,17). The smallest absolute Gasteiger partial charge is 0.331 e. The van der Waals surface area contributed by atoms with Crippen LogP contribution in [0.3, 0.4) is 0 Å². The van der Waals surface area contributed by atoms with Gasteiger partial charge < -0.3 is 16.6 Å². The molecule has 0 amide bonds. The van der Waals surface area contributed by atoms with Crippen LogP contribution in [0.25, 0.3) is 0 Å². The van der Waals surface area contributed by atoms with Gasteiger partial charge in [0.25, 0.3) is 0 Å². The van der Waals surface area contributed by atoms with E-state index in [0.717, 1.165) is 6.08 Å². The Hall–Kier alpha value is -2.30. The lowest BCUT2D eigenvalue weighted by atomic mass is 10.1. The van der Waals surface area contributed by atoms with Crippen molar-refractivity contribution in [3.63, 3.8) is 0 Å². The Bertz CT molecular complexity index is 472. The predicted molar refractivity (Wildman–Crippen MR) is 65.6 cm³/mol. The van der Waals surface area contributed by atoms with Gasteiger partial charge in [-0.05, 0) is 30.7 Å². The van der Waals surface area contributed by atoms with Crippen molar-refractivity contribution in [2.75, 3.05) is 11.5 Å². The highest BCUT2D eigenvalue weighted by atomic mass is 16.4. The number of allylic oxidation sites excluding steroid dienone is 1. The summed E-state index contributed by atoms with van der Waals surface area (Å²) in [5.41, 5.74) is 12.2. The highest BCUT2D eigenvalue weighted by Crippen LogP contribution is 2.15. The van der Waals surface area contributed by atoms with Crippen molar-refractivity contribution in [3.8, 4) is 0 Å². The molecule has 0 atom stereocenters. The Balaban J connectivity index is 3.08. The van der Waals surface area contributed by atoms with E-state index < -0.39 is 11.8 Å². The third-order valence-corrected chi connectivity index (χ3v) is 2.22. The van der Waals surface area contributed by atoms with Crippen molar-refractivity contribution in [3.05, 3.63) is 35.4 Å². The molecule has 0 aliphatic rings. The highest BCUT2D eigenvalue weighted by molar-refractivity contribution is 6.09. The number of carboxylic acid groups (broad SMARTS) is 1. The number of carboxylic acids is 1. The largest absolute Gasteiger partial charge is 0.478 e. The number of ketones is 1. The molecule has 1 aromatic rings. The topological polar surface area (TPSA) is 106 Å². The van der Waals surface area contributed by atoms with Gasteiger partial charge >= 0.3 is 5.97 Å². The van der Waals surface area contributed by atoms with Crippen molar-refractivity contribution in [1.29, 1.82) is 0 Å². The lowest BCUT2D eigenvalue weighted by Crippen LogP contribution is -2.05. The van der Waals surface area contributed by atoms with Crippen LogP contribution in [0.5, 0.6) is 0 Å². The molecule has 0 fully saturated rings. The van der Waals surface area contributed by atoms with E-state index in [1.807, 2.05) is 0 Å². The van der Waals surface area contributed by atoms with Crippen LogP contribution < -0.4 is 11.5 Å². The van der Waals surface area contributed by atoms with Crippen molar-refractivity contribution < 1.29 is 14.7 Å². The third kappa shape index (κ3) is 3.34. The molecule has 5 N–H and O–H groups in total. The number of hydrogen-bond donors (Lipinski definition) is 3. The number of anilines is 2. The van der Waals surface area contributed by atoms with Crippen LogP contribution in [-0.4, -0.2) is 16.9 Å². The average Bonchev–Trinajstić information content (AvgIpc) is 2.23. The first-order valence-corrected chi connectivity index (χ1v) is 5.08. The molecule has 0 bridgehead atoms. The first-order chi connectivity index (χ1) is 7.93. The summed E-state index contributed by atoms with van der Waals surface area (Å²) in [7, 11) is 0. The maximum Gasteiger partial charge on any atom is 0.331 e. The third-order valence-electron chi connectivity index (χ3n) is 2.22. The van der Waals surface area contributed by atoms with Gasteiger partial charge in [-0.3, -0.25) is 4.79 Å². The van der Waals surface area contributed by atoms with E-state index in [4.69, 9.17) is 16.6 Å². The number of rotatable bonds is 4. The van der Waals surface area contributed by atoms with Crippen molar-refractivity contribution in [2.45, 2.75) is 13.3 Å². The Morgan fingerprint density at radius 2 is 1.76 bits per heavy atom. The molecule has 0 heterocycles. The van der Waals surface area contributed by atoms with Crippen molar-refractivity contribution >= 4 is 23.1 Å². The minimum Gasteiger partial charge on any atom is -0.478 e. The zero-order chi connectivity index (χ0) is 13.0. The monoisotopic (exact) mass is 234 g/mol. The molecular formula is C12H14N2O3. The predicted octanol–water partition coefficient (Wildman–Crippen LogP) is 1.45. The number of carbonyl (C=O) groups excluding carboxylic acids is 1. The normalized spacial score (nSPS) is 11.2. The Kier molecular flexibility index (Phi) is 3.87. The quantitative estimate of drug-likeness (QED) is 0.415. The fourth-order valence-corrected chi connectivity index (χ4v) is 1.38. The summed E-state index contributed by atoms with van der Waals surface area (Å²) in [5.74, 6) is -1.51. The number of benzene rings is 1. The van der Waals surface area contributed by atoms with E-state index >= 15 is 0 Å². The van der Waals surface area contributed by atoms with Gasteiger partial charge in [0.2, 0.25) is 0 Å². The second kappa shape index (κ2) is 5.16. The van der Waals surface area contributed by atoms with Crippen molar-refractivity contribution in [1.82, 2.24) is 0 Å². The van der Waals surface area contributed by atoms with Gasteiger partial charge in [0.1, 0.15) is 0 Å². The molecule has 0 unspecified atom stereocenters. The zero-order valence-corrected chi connectivity index (χ0v) is 9.43. The second-order valence-electron chi connectivity index (χ2n) is 3.58. The Morgan fingerprint density at radius 3 is 2.18 bits per heavy atom.